The van der Waals surface area contributed by atoms with Crippen LogP contribution < -0.4 is 0 Å². The van der Waals surface area contributed by atoms with Crippen LogP contribution in [-0.4, -0.2) is 6.61 Å². The van der Waals surface area contributed by atoms with Gasteiger partial charge in [-0.05, 0) is 36.3 Å². The van der Waals surface area contributed by atoms with Crippen LogP contribution in [0.3, 0.4) is 0 Å². The molecule has 0 amide bonds. The van der Waals surface area contributed by atoms with Gasteiger partial charge in [-0.3, -0.25) is 0 Å². The van der Waals surface area contributed by atoms with Gasteiger partial charge in [-0.15, -0.1) is 0 Å². The molecular weight excluding hydrogens is 324 g/mol. The van der Waals surface area contributed by atoms with E-state index in [1.165, 1.54) is 26.4 Å². The van der Waals surface area contributed by atoms with Gasteiger partial charge in [0.25, 0.3) is 0 Å². The molecular formula is C23H21OS+. The highest BCUT2D eigenvalue weighted by atomic mass is 32.1. The number of allylic oxidation sites excluding steroid dienone is 2. The summed E-state index contributed by atoms with van der Waals surface area (Å²) in [6.45, 7) is 2.67. The number of hydrogen-bond acceptors (Lipinski definition) is 1. The van der Waals surface area contributed by atoms with Gasteiger partial charge in [0, 0.05) is 23.8 Å². The molecule has 3 aromatic rings. The Morgan fingerprint density at radius 2 is 1.48 bits per heavy atom. The van der Waals surface area contributed by atoms with Crippen LogP contribution in [0.25, 0.3) is 27.6 Å². The summed E-state index contributed by atoms with van der Waals surface area (Å²) in [6, 6.07) is 25.5. The summed E-state index contributed by atoms with van der Waals surface area (Å²) in [6.07, 6.45) is 7.79. The lowest BCUT2D eigenvalue weighted by molar-refractivity contribution is 0.269. The minimum absolute atomic E-state index is 0.689. The van der Waals surface area contributed by atoms with Crippen molar-refractivity contribution in [2.24, 2.45) is 0 Å². The van der Waals surface area contributed by atoms with Crippen molar-refractivity contribution in [1.29, 1.82) is 0 Å². The van der Waals surface area contributed by atoms with E-state index in [0.717, 1.165) is 0 Å². The molecule has 0 saturated carbocycles. The molecule has 0 unspecified atom stereocenters. The Kier molecular flexibility index (Phi) is 6.13. The van der Waals surface area contributed by atoms with Crippen LogP contribution >= 0.6 is 11.3 Å². The molecule has 25 heavy (non-hydrogen) atoms. The highest BCUT2D eigenvalue weighted by Crippen LogP contribution is 2.33. The van der Waals surface area contributed by atoms with E-state index in [4.69, 9.17) is 4.74 Å². The van der Waals surface area contributed by atoms with Crippen molar-refractivity contribution in [2.45, 2.75) is 6.92 Å². The Balaban J connectivity index is 2.00. The summed E-state index contributed by atoms with van der Waals surface area (Å²) in [5, 5.41) is 0. The third kappa shape index (κ3) is 4.88. The average Bonchev–Trinajstić information content (AvgIpc) is 2.69. The molecule has 0 fully saturated rings. The molecule has 0 aliphatic carbocycles. The molecule has 0 radical (unpaired) electrons. The highest BCUT2D eigenvalue weighted by molar-refractivity contribution is 7.16. The predicted molar refractivity (Wildman–Crippen MR) is 109 cm³/mol. The number of benzene rings is 2. The van der Waals surface area contributed by atoms with Crippen molar-refractivity contribution < 1.29 is 4.74 Å². The molecule has 3 rings (SSSR count). The second-order valence-electron chi connectivity index (χ2n) is 5.49. The van der Waals surface area contributed by atoms with E-state index in [1.807, 2.05) is 25.1 Å². The minimum Gasteiger partial charge on any atom is -0.501 e. The Morgan fingerprint density at radius 1 is 0.800 bits per heavy atom. The van der Waals surface area contributed by atoms with Crippen molar-refractivity contribution in [1.82, 2.24) is 0 Å². The standard InChI is InChI=1S/C23H21OS/c1-2-24-16-10-9-15-22-17-21(19-11-5-3-6-12-19)18-23(25-22)20-13-7-4-8-14-20/h3-18H,2H2,1H3/q+1/b15-9+,16-10+. The zero-order valence-electron chi connectivity index (χ0n) is 14.3. The third-order valence-electron chi connectivity index (χ3n) is 3.69. The molecule has 0 spiro atoms. The van der Waals surface area contributed by atoms with Crippen LogP contribution in [0.15, 0.2) is 91.2 Å². The average molecular weight is 345 g/mol. The molecule has 0 aliphatic heterocycles. The van der Waals surface area contributed by atoms with E-state index in [-0.39, 0.29) is 0 Å². The van der Waals surface area contributed by atoms with Gasteiger partial charge >= 0.3 is 0 Å². The predicted octanol–water partition coefficient (Wildman–Crippen LogP) is 6.93. The quantitative estimate of drug-likeness (QED) is 0.267. The van der Waals surface area contributed by atoms with Gasteiger partial charge in [-0.25, -0.2) is 0 Å². The lowest BCUT2D eigenvalue weighted by atomic mass is 10.1. The molecule has 0 atom stereocenters. The van der Waals surface area contributed by atoms with Crippen LogP contribution in [-0.2, 0) is 4.74 Å². The monoisotopic (exact) mass is 345 g/mol. The minimum atomic E-state index is 0.689. The molecule has 124 valence electrons. The molecule has 2 heteroatoms. The van der Waals surface area contributed by atoms with Crippen LogP contribution in [0.4, 0.5) is 0 Å². The Bertz CT molecular complexity index is 794. The van der Waals surface area contributed by atoms with Crippen molar-refractivity contribution >= 4 is 17.4 Å². The number of ether oxygens (including phenoxy) is 1. The molecule has 2 aromatic carbocycles. The van der Waals surface area contributed by atoms with Crippen molar-refractivity contribution in [3.63, 3.8) is 0 Å². The summed E-state index contributed by atoms with van der Waals surface area (Å²) in [5.74, 6) is 0. The molecule has 0 N–H and O–H groups in total. The number of rotatable bonds is 6. The smallest absolute Gasteiger partial charge is 0.239 e. The van der Waals surface area contributed by atoms with Gasteiger partial charge in [0.1, 0.15) is 0 Å². The van der Waals surface area contributed by atoms with Crippen molar-refractivity contribution in [2.75, 3.05) is 6.61 Å². The van der Waals surface area contributed by atoms with Gasteiger partial charge in [0.2, 0.25) is 21.1 Å². The van der Waals surface area contributed by atoms with Gasteiger partial charge in [0.15, 0.2) is 0 Å². The molecule has 1 heterocycles. The van der Waals surface area contributed by atoms with Crippen LogP contribution in [0.1, 0.15) is 11.8 Å². The highest BCUT2D eigenvalue weighted by Gasteiger charge is 2.15. The first-order valence-corrected chi connectivity index (χ1v) is 9.22. The van der Waals surface area contributed by atoms with Gasteiger partial charge in [-0.2, -0.15) is 0 Å². The van der Waals surface area contributed by atoms with E-state index in [2.05, 4.69) is 72.8 Å². The second kappa shape index (κ2) is 8.95. The van der Waals surface area contributed by atoms with Crippen molar-refractivity contribution in [3.8, 4) is 21.6 Å². The van der Waals surface area contributed by atoms with Gasteiger partial charge in [-0.1, -0.05) is 54.6 Å². The second-order valence-corrected chi connectivity index (χ2v) is 6.60. The summed E-state index contributed by atoms with van der Waals surface area (Å²) in [4.78, 5) is 2.47. The first-order valence-electron chi connectivity index (χ1n) is 8.40. The maximum Gasteiger partial charge on any atom is 0.239 e. The fourth-order valence-electron chi connectivity index (χ4n) is 2.49. The van der Waals surface area contributed by atoms with E-state index in [1.54, 1.807) is 17.6 Å². The van der Waals surface area contributed by atoms with Gasteiger partial charge in [0.05, 0.1) is 12.9 Å². The fourth-order valence-corrected chi connectivity index (χ4v) is 3.52. The van der Waals surface area contributed by atoms with E-state index >= 15 is 0 Å². The van der Waals surface area contributed by atoms with E-state index in [9.17, 15) is 0 Å². The van der Waals surface area contributed by atoms with Crippen LogP contribution in [0.2, 0.25) is 0 Å². The van der Waals surface area contributed by atoms with Gasteiger partial charge < -0.3 is 4.74 Å². The Hall–Kier alpha value is -2.71. The molecule has 0 bridgehead atoms. The lowest BCUT2D eigenvalue weighted by Crippen LogP contribution is -1.81. The topological polar surface area (TPSA) is 9.23 Å². The molecule has 1 aromatic heterocycles. The Morgan fingerprint density at radius 3 is 2.16 bits per heavy atom. The SMILES string of the molecule is CCO/C=C/C=C/c1cc(-c2ccccc2)cc(-c2ccccc2)[s+]1. The summed E-state index contributed by atoms with van der Waals surface area (Å²) in [7, 11) is 0. The van der Waals surface area contributed by atoms with E-state index in [0.29, 0.717) is 6.61 Å². The molecule has 0 aliphatic rings. The summed E-state index contributed by atoms with van der Waals surface area (Å²) in [5.41, 5.74) is 3.70. The zero-order chi connectivity index (χ0) is 17.3. The maximum atomic E-state index is 5.23. The molecule has 1 nitrogen and oxygen atoms in total. The summed E-state index contributed by atoms with van der Waals surface area (Å²) < 4.78 is 5.23. The first kappa shape index (κ1) is 17.1. The Labute approximate surface area is 153 Å². The molecule has 0 saturated heterocycles. The normalized spacial score (nSPS) is 11.2. The fraction of sp³-hybridized carbons (Fsp3) is 0.0870. The summed E-state index contributed by atoms with van der Waals surface area (Å²) >= 11 is 1.79. The maximum absolute atomic E-state index is 5.23. The van der Waals surface area contributed by atoms with Crippen molar-refractivity contribution in [3.05, 3.63) is 96.1 Å². The van der Waals surface area contributed by atoms with Crippen LogP contribution in [0.5, 0.6) is 0 Å². The first-order chi connectivity index (χ1) is 12.4. The third-order valence-corrected chi connectivity index (χ3v) is 4.75. The zero-order valence-corrected chi connectivity index (χ0v) is 15.1. The van der Waals surface area contributed by atoms with E-state index < -0.39 is 0 Å². The van der Waals surface area contributed by atoms with Crippen LogP contribution in [0, 0.1) is 0 Å². The largest absolute Gasteiger partial charge is 0.501 e. The lowest BCUT2D eigenvalue weighted by Gasteiger charge is -2.01. The number of hydrogen-bond donors (Lipinski definition) is 0.